The molecule has 1 N–H and O–H groups in total. The fraction of sp³-hybridized carbons (Fsp3) is 0.538. The molecule has 17 heavy (non-hydrogen) atoms. The van der Waals surface area contributed by atoms with Gasteiger partial charge in [-0.05, 0) is 56.9 Å². The molecule has 0 bridgehead atoms. The van der Waals surface area contributed by atoms with Crippen molar-refractivity contribution < 1.29 is 8.42 Å². The molecule has 0 saturated carbocycles. The Morgan fingerprint density at radius 1 is 1.12 bits per heavy atom. The number of aryl methyl sites for hydroxylation is 3. The second-order valence-electron chi connectivity index (χ2n) is 4.54. The van der Waals surface area contributed by atoms with E-state index in [1.54, 1.807) is 6.92 Å². The minimum Gasteiger partial charge on any atom is -0.212 e. The summed E-state index contributed by atoms with van der Waals surface area (Å²) in [6.07, 6.45) is 0. The van der Waals surface area contributed by atoms with Crippen LogP contribution < -0.4 is 4.72 Å². The van der Waals surface area contributed by atoms with Crippen molar-refractivity contribution in [1.29, 1.82) is 0 Å². The van der Waals surface area contributed by atoms with Crippen molar-refractivity contribution >= 4 is 10.0 Å². The minimum absolute atomic E-state index is 0.112. The van der Waals surface area contributed by atoms with Crippen molar-refractivity contribution in [2.24, 2.45) is 0 Å². The first kappa shape index (κ1) is 14.2. The van der Waals surface area contributed by atoms with Crippen LogP contribution in [0.2, 0.25) is 0 Å². The predicted octanol–water partition coefficient (Wildman–Crippen LogP) is 2.61. The van der Waals surface area contributed by atoms with Crippen molar-refractivity contribution in [1.82, 2.24) is 4.72 Å². The largest absolute Gasteiger partial charge is 0.212 e. The molecule has 0 heterocycles. The van der Waals surface area contributed by atoms with Gasteiger partial charge in [-0.3, -0.25) is 0 Å². The van der Waals surface area contributed by atoms with Gasteiger partial charge < -0.3 is 0 Å². The van der Waals surface area contributed by atoms with Gasteiger partial charge in [0.05, 0.1) is 5.75 Å². The SMILES string of the molecule is CCS(=O)(=O)N[C@@H](C)c1cc(C)c(C)cc1C. The summed E-state index contributed by atoms with van der Waals surface area (Å²) in [7, 11) is -3.16. The molecule has 0 fully saturated rings. The predicted molar refractivity (Wildman–Crippen MR) is 71.7 cm³/mol. The molecule has 96 valence electrons. The summed E-state index contributed by atoms with van der Waals surface area (Å²) in [5.41, 5.74) is 4.59. The van der Waals surface area contributed by atoms with Gasteiger partial charge in [0, 0.05) is 6.04 Å². The first-order chi connectivity index (χ1) is 7.76. The van der Waals surface area contributed by atoms with Crippen molar-refractivity contribution in [3.63, 3.8) is 0 Å². The summed E-state index contributed by atoms with van der Waals surface area (Å²) in [5.74, 6) is 0.112. The Kier molecular flexibility index (Phi) is 4.33. The number of sulfonamides is 1. The quantitative estimate of drug-likeness (QED) is 0.899. The van der Waals surface area contributed by atoms with Crippen LogP contribution in [0.5, 0.6) is 0 Å². The molecule has 0 radical (unpaired) electrons. The summed E-state index contributed by atoms with van der Waals surface area (Å²) in [4.78, 5) is 0. The monoisotopic (exact) mass is 255 g/mol. The molecule has 1 rings (SSSR count). The topological polar surface area (TPSA) is 46.2 Å². The van der Waals surface area contributed by atoms with Gasteiger partial charge in [-0.25, -0.2) is 13.1 Å². The Labute approximate surface area is 104 Å². The molecule has 1 atom stereocenters. The lowest BCUT2D eigenvalue weighted by molar-refractivity contribution is 0.567. The molecule has 1 aromatic rings. The molecule has 0 aliphatic carbocycles. The molecule has 1 aromatic carbocycles. The fourth-order valence-electron chi connectivity index (χ4n) is 1.87. The Bertz CT molecular complexity index is 506. The highest BCUT2D eigenvalue weighted by atomic mass is 32.2. The molecular formula is C13H21NO2S. The number of hydrogen-bond acceptors (Lipinski definition) is 2. The van der Waals surface area contributed by atoms with Crippen LogP contribution in [0.1, 0.15) is 42.1 Å². The van der Waals surface area contributed by atoms with Crippen LogP contribution in [-0.2, 0) is 10.0 Å². The van der Waals surface area contributed by atoms with Gasteiger partial charge in [0.15, 0.2) is 0 Å². The molecule has 0 aromatic heterocycles. The molecule has 0 spiro atoms. The molecule has 0 saturated heterocycles. The van der Waals surface area contributed by atoms with Crippen molar-refractivity contribution in [2.45, 2.75) is 40.7 Å². The number of benzene rings is 1. The number of hydrogen-bond donors (Lipinski definition) is 1. The minimum atomic E-state index is -3.16. The third-order valence-electron chi connectivity index (χ3n) is 3.09. The van der Waals surface area contributed by atoms with Crippen molar-refractivity contribution in [2.75, 3.05) is 5.75 Å². The standard InChI is InChI=1S/C13H21NO2S/c1-6-17(15,16)14-12(5)13-8-10(3)9(2)7-11(13)4/h7-8,12,14H,6H2,1-5H3/t12-/m0/s1. The summed E-state index contributed by atoms with van der Waals surface area (Å²) in [5, 5.41) is 0. The van der Waals surface area contributed by atoms with Gasteiger partial charge in [-0.1, -0.05) is 12.1 Å². The summed E-state index contributed by atoms with van der Waals surface area (Å²) < 4.78 is 25.8. The third-order valence-corrected chi connectivity index (χ3v) is 4.56. The van der Waals surface area contributed by atoms with E-state index in [1.165, 1.54) is 11.1 Å². The highest BCUT2D eigenvalue weighted by molar-refractivity contribution is 7.89. The van der Waals surface area contributed by atoms with Gasteiger partial charge in [-0.15, -0.1) is 0 Å². The second kappa shape index (κ2) is 5.19. The summed E-state index contributed by atoms with van der Waals surface area (Å²) in [6, 6.07) is 3.98. The van der Waals surface area contributed by atoms with Crippen molar-refractivity contribution in [3.05, 3.63) is 34.4 Å². The van der Waals surface area contributed by atoms with Crippen LogP contribution in [0.4, 0.5) is 0 Å². The van der Waals surface area contributed by atoms with E-state index in [9.17, 15) is 8.42 Å². The van der Waals surface area contributed by atoms with Gasteiger partial charge in [0.25, 0.3) is 0 Å². The summed E-state index contributed by atoms with van der Waals surface area (Å²) in [6.45, 7) is 9.64. The zero-order chi connectivity index (χ0) is 13.2. The van der Waals surface area contributed by atoms with E-state index in [2.05, 4.69) is 23.8 Å². The van der Waals surface area contributed by atoms with Gasteiger partial charge >= 0.3 is 0 Å². The zero-order valence-corrected chi connectivity index (χ0v) is 12.0. The first-order valence-corrected chi connectivity index (χ1v) is 7.49. The molecule has 0 amide bonds. The van der Waals surface area contributed by atoms with E-state index in [4.69, 9.17) is 0 Å². The van der Waals surface area contributed by atoms with E-state index < -0.39 is 10.0 Å². The average Bonchev–Trinajstić information content (AvgIpc) is 2.22. The van der Waals surface area contributed by atoms with Gasteiger partial charge in [0.1, 0.15) is 0 Å². The highest BCUT2D eigenvalue weighted by Gasteiger charge is 2.15. The maximum atomic E-state index is 11.5. The Balaban J connectivity index is 3.05. The molecule has 0 aliphatic heterocycles. The highest BCUT2D eigenvalue weighted by Crippen LogP contribution is 2.22. The Morgan fingerprint density at radius 3 is 2.18 bits per heavy atom. The molecular weight excluding hydrogens is 234 g/mol. The lowest BCUT2D eigenvalue weighted by atomic mass is 9.97. The van der Waals surface area contributed by atoms with E-state index >= 15 is 0 Å². The van der Waals surface area contributed by atoms with Crippen LogP contribution in [-0.4, -0.2) is 14.2 Å². The Morgan fingerprint density at radius 2 is 1.65 bits per heavy atom. The first-order valence-electron chi connectivity index (χ1n) is 5.84. The Hall–Kier alpha value is -0.870. The van der Waals surface area contributed by atoms with E-state index in [0.29, 0.717) is 0 Å². The summed E-state index contributed by atoms with van der Waals surface area (Å²) >= 11 is 0. The van der Waals surface area contributed by atoms with Crippen LogP contribution in [0, 0.1) is 20.8 Å². The van der Waals surface area contributed by atoms with Crippen LogP contribution in [0.3, 0.4) is 0 Å². The fourth-order valence-corrected chi connectivity index (χ4v) is 2.70. The zero-order valence-electron chi connectivity index (χ0n) is 11.2. The van der Waals surface area contributed by atoms with Gasteiger partial charge in [-0.2, -0.15) is 0 Å². The van der Waals surface area contributed by atoms with Crippen molar-refractivity contribution in [3.8, 4) is 0 Å². The molecule has 3 nitrogen and oxygen atoms in total. The van der Waals surface area contributed by atoms with Crippen LogP contribution in [0.25, 0.3) is 0 Å². The third kappa shape index (κ3) is 3.54. The van der Waals surface area contributed by atoms with Crippen LogP contribution in [0.15, 0.2) is 12.1 Å². The average molecular weight is 255 g/mol. The maximum Gasteiger partial charge on any atom is 0.211 e. The second-order valence-corrected chi connectivity index (χ2v) is 6.58. The number of rotatable bonds is 4. The number of nitrogens with one attached hydrogen (secondary N) is 1. The van der Waals surface area contributed by atoms with E-state index in [0.717, 1.165) is 11.1 Å². The van der Waals surface area contributed by atoms with E-state index in [1.807, 2.05) is 20.8 Å². The lowest BCUT2D eigenvalue weighted by Crippen LogP contribution is -2.28. The van der Waals surface area contributed by atoms with E-state index in [-0.39, 0.29) is 11.8 Å². The smallest absolute Gasteiger partial charge is 0.211 e. The van der Waals surface area contributed by atoms with Crippen LogP contribution >= 0.6 is 0 Å². The van der Waals surface area contributed by atoms with Gasteiger partial charge in [0.2, 0.25) is 10.0 Å². The lowest BCUT2D eigenvalue weighted by Gasteiger charge is -2.18. The normalized spacial score (nSPS) is 13.7. The maximum absolute atomic E-state index is 11.5. The molecule has 0 aliphatic rings. The molecule has 0 unspecified atom stereocenters. The molecule has 4 heteroatoms.